The van der Waals surface area contributed by atoms with Crippen molar-refractivity contribution in [1.29, 1.82) is 0 Å². The van der Waals surface area contributed by atoms with Crippen LogP contribution in [-0.4, -0.2) is 48.4 Å². The number of hydrogen-bond acceptors (Lipinski definition) is 3. The smallest absolute Gasteiger partial charge is 0.378 e. The molecule has 1 saturated heterocycles. The first-order valence-corrected chi connectivity index (χ1v) is 15.1. The van der Waals surface area contributed by atoms with E-state index in [-0.39, 0.29) is 26.7 Å². The summed E-state index contributed by atoms with van der Waals surface area (Å²) in [5.41, 5.74) is 2.10. The Morgan fingerprint density at radius 3 is 2.08 bits per heavy atom. The van der Waals surface area contributed by atoms with E-state index in [2.05, 4.69) is 19.2 Å². The molecule has 0 bridgehead atoms. The molecule has 1 saturated carbocycles. The quantitative estimate of drug-likeness (QED) is 0.305. The second-order valence-corrected chi connectivity index (χ2v) is 13.6. The summed E-state index contributed by atoms with van der Waals surface area (Å²) in [5.74, 6) is -1.83. The molecule has 0 amide bonds. The molecule has 9 heteroatoms. The number of hydrogen-bond donors (Lipinski definition) is 0. The van der Waals surface area contributed by atoms with Gasteiger partial charge < -0.3 is 9.80 Å². The first-order valence-electron chi connectivity index (χ1n) is 13.1. The lowest BCUT2D eigenvalue weighted by Gasteiger charge is -2.47. The van der Waals surface area contributed by atoms with E-state index >= 15 is 0 Å². The molecule has 1 aliphatic carbocycles. The van der Waals surface area contributed by atoms with Crippen LogP contribution in [-0.2, 0) is 0 Å². The van der Waals surface area contributed by atoms with Gasteiger partial charge >= 0.3 is 6.18 Å². The molecule has 212 valence electrons. The summed E-state index contributed by atoms with van der Waals surface area (Å²) in [6.45, 7) is 9.15. The molecule has 1 heterocycles. The standard InChI is InChI=1S/C30H34Cl3F3N2S/c1-19(37(3)4)26-6-5-25(18-27(26)33)39-24-7-9-29(10-8-24)11-13-38(14-12-29)20(2)28(30(34,35)36)21-15-22(31)17-23(32)16-21/h5-6,15-18,24,28H,1-2,7-14H2,3-4H3. The molecule has 2 nitrogen and oxygen atoms in total. The Bertz CT molecular complexity index is 1190. The minimum absolute atomic E-state index is 0.0296. The van der Waals surface area contributed by atoms with Crippen LogP contribution in [0.5, 0.6) is 0 Å². The molecule has 0 aromatic heterocycles. The highest BCUT2D eigenvalue weighted by Crippen LogP contribution is 2.50. The van der Waals surface area contributed by atoms with Gasteiger partial charge in [0.25, 0.3) is 0 Å². The molecule has 1 aliphatic heterocycles. The second kappa shape index (κ2) is 12.2. The summed E-state index contributed by atoms with van der Waals surface area (Å²) in [6.07, 6.45) is 1.59. The second-order valence-electron chi connectivity index (χ2n) is 11.0. The zero-order valence-electron chi connectivity index (χ0n) is 22.3. The van der Waals surface area contributed by atoms with E-state index in [9.17, 15) is 13.2 Å². The maximum absolute atomic E-state index is 14.2. The first-order chi connectivity index (χ1) is 18.3. The average molecular weight is 618 g/mol. The number of piperidine rings is 1. The summed E-state index contributed by atoms with van der Waals surface area (Å²) in [6, 6.07) is 10.3. The van der Waals surface area contributed by atoms with Crippen LogP contribution in [0.2, 0.25) is 15.1 Å². The van der Waals surface area contributed by atoms with Crippen molar-refractivity contribution in [3.05, 3.63) is 81.4 Å². The highest BCUT2D eigenvalue weighted by Gasteiger charge is 2.46. The molecule has 4 rings (SSSR count). The number of thioether (sulfide) groups is 1. The van der Waals surface area contributed by atoms with Gasteiger partial charge in [0.05, 0.1) is 5.02 Å². The molecule has 0 radical (unpaired) electrons. The van der Waals surface area contributed by atoms with Crippen molar-refractivity contribution in [2.24, 2.45) is 5.41 Å². The van der Waals surface area contributed by atoms with E-state index in [0.717, 1.165) is 54.7 Å². The molecule has 2 fully saturated rings. The van der Waals surface area contributed by atoms with Gasteiger partial charge in [-0.05, 0) is 79.8 Å². The lowest BCUT2D eigenvalue weighted by Crippen LogP contribution is -2.43. The fourth-order valence-electron chi connectivity index (χ4n) is 5.82. The maximum Gasteiger partial charge on any atom is 0.401 e. The Kier molecular flexibility index (Phi) is 9.52. The Morgan fingerprint density at radius 1 is 0.974 bits per heavy atom. The van der Waals surface area contributed by atoms with Gasteiger partial charge in [-0.25, -0.2) is 0 Å². The van der Waals surface area contributed by atoms with Crippen molar-refractivity contribution in [3.8, 4) is 0 Å². The lowest BCUT2D eigenvalue weighted by atomic mass is 9.68. The van der Waals surface area contributed by atoms with Gasteiger partial charge in [0, 0.05) is 64.3 Å². The van der Waals surface area contributed by atoms with Gasteiger partial charge in [-0.15, -0.1) is 11.8 Å². The number of rotatable bonds is 7. The van der Waals surface area contributed by atoms with Gasteiger partial charge in [0.1, 0.15) is 5.92 Å². The number of likely N-dealkylation sites (tertiary alicyclic amines) is 1. The lowest BCUT2D eigenvalue weighted by molar-refractivity contribution is -0.146. The van der Waals surface area contributed by atoms with Gasteiger partial charge in [-0.3, -0.25) is 0 Å². The third-order valence-electron chi connectivity index (χ3n) is 8.20. The zero-order chi connectivity index (χ0) is 28.5. The van der Waals surface area contributed by atoms with E-state index in [0.29, 0.717) is 23.4 Å². The van der Waals surface area contributed by atoms with Crippen molar-refractivity contribution in [3.63, 3.8) is 0 Å². The number of alkyl halides is 3. The minimum atomic E-state index is -4.49. The number of benzene rings is 2. The molecule has 1 atom stereocenters. The molecule has 1 spiro atoms. The van der Waals surface area contributed by atoms with Crippen molar-refractivity contribution in [1.82, 2.24) is 9.80 Å². The monoisotopic (exact) mass is 616 g/mol. The SMILES string of the molecule is C=C(c1ccc(SC2CCC3(CC2)CCN(C(=C)C(c2cc(Cl)cc(Cl)c2)C(F)(F)F)CC3)cc1Cl)N(C)C. The highest BCUT2D eigenvalue weighted by atomic mass is 35.5. The van der Waals surface area contributed by atoms with Gasteiger partial charge in [-0.1, -0.05) is 54.0 Å². The molecule has 0 N–H and O–H groups in total. The molecular weight excluding hydrogens is 584 g/mol. The predicted molar refractivity (Wildman–Crippen MR) is 160 cm³/mol. The molecular formula is C30H34Cl3F3N2S. The number of halogens is 6. The molecule has 1 unspecified atom stereocenters. The van der Waals surface area contributed by atoms with Crippen LogP contribution in [0.1, 0.15) is 55.6 Å². The van der Waals surface area contributed by atoms with Crippen LogP contribution in [0.25, 0.3) is 5.70 Å². The summed E-state index contributed by atoms with van der Waals surface area (Å²) in [5, 5.41) is 1.58. The van der Waals surface area contributed by atoms with E-state index in [1.165, 1.54) is 18.2 Å². The van der Waals surface area contributed by atoms with Gasteiger partial charge in [0.15, 0.2) is 0 Å². The summed E-state index contributed by atoms with van der Waals surface area (Å²) >= 11 is 20.5. The van der Waals surface area contributed by atoms with Crippen molar-refractivity contribution < 1.29 is 13.2 Å². The third kappa shape index (κ3) is 7.25. The number of allylic oxidation sites excluding steroid dienone is 1. The van der Waals surface area contributed by atoms with Crippen LogP contribution in [0.15, 0.2) is 60.1 Å². The van der Waals surface area contributed by atoms with Crippen molar-refractivity contribution >= 4 is 52.3 Å². The van der Waals surface area contributed by atoms with Crippen LogP contribution < -0.4 is 0 Å². The topological polar surface area (TPSA) is 6.48 Å². The Balaban J connectivity index is 1.35. The fraction of sp³-hybridized carbons (Fsp3) is 0.467. The van der Waals surface area contributed by atoms with Crippen LogP contribution in [0.4, 0.5) is 13.2 Å². The molecule has 2 aliphatic rings. The van der Waals surface area contributed by atoms with E-state index < -0.39 is 12.1 Å². The van der Waals surface area contributed by atoms with E-state index in [1.807, 2.05) is 47.8 Å². The largest absolute Gasteiger partial charge is 0.401 e. The normalized spacial score (nSPS) is 18.7. The Hall–Kier alpha value is -1.47. The predicted octanol–water partition coefficient (Wildman–Crippen LogP) is 10.2. The molecule has 2 aromatic rings. The van der Waals surface area contributed by atoms with Crippen LogP contribution in [0, 0.1) is 5.41 Å². The van der Waals surface area contributed by atoms with Gasteiger partial charge in [0.2, 0.25) is 0 Å². The Morgan fingerprint density at radius 2 is 1.56 bits per heavy atom. The minimum Gasteiger partial charge on any atom is -0.378 e. The fourth-order valence-corrected chi connectivity index (χ4v) is 7.91. The zero-order valence-corrected chi connectivity index (χ0v) is 25.3. The van der Waals surface area contributed by atoms with Crippen LogP contribution >= 0.6 is 46.6 Å². The Labute approximate surface area is 249 Å². The summed E-state index contributed by atoms with van der Waals surface area (Å²) in [4.78, 5) is 4.91. The third-order valence-corrected chi connectivity index (χ3v) is 10.3. The van der Waals surface area contributed by atoms with Crippen LogP contribution in [0.3, 0.4) is 0 Å². The van der Waals surface area contributed by atoms with E-state index in [4.69, 9.17) is 34.8 Å². The van der Waals surface area contributed by atoms with E-state index in [1.54, 1.807) is 0 Å². The maximum atomic E-state index is 14.2. The van der Waals surface area contributed by atoms with Crippen molar-refractivity contribution in [2.45, 2.75) is 60.8 Å². The highest BCUT2D eigenvalue weighted by molar-refractivity contribution is 8.00. The van der Waals surface area contributed by atoms with Gasteiger partial charge in [-0.2, -0.15) is 13.2 Å². The van der Waals surface area contributed by atoms with Crippen molar-refractivity contribution in [2.75, 3.05) is 27.2 Å². The number of nitrogens with zero attached hydrogens (tertiary/aromatic N) is 2. The summed E-state index contributed by atoms with van der Waals surface area (Å²) < 4.78 is 42.5. The molecule has 39 heavy (non-hydrogen) atoms. The summed E-state index contributed by atoms with van der Waals surface area (Å²) in [7, 11) is 3.90. The first kappa shape index (κ1) is 30.5. The average Bonchev–Trinajstić information content (AvgIpc) is 2.84. The molecule has 2 aromatic carbocycles.